The van der Waals surface area contributed by atoms with E-state index in [1.54, 1.807) is 0 Å². The molecule has 2 aliphatic rings. The van der Waals surface area contributed by atoms with Gasteiger partial charge in [0, 0.05) is 25.9 Å². The Balaban J connectivity index is 0.00000225. The molecule has 1 N–H and O–H groups in total. The highest BCUT2D eigenvalue weighted by Gasteiger charge is 2.29. The zero-order valence-electron chi connectivity index (χ0n) is 16.1. The van der Waals surface area contributed by atoms with E-state index in [0.29, 0.717) is 24.9 Å². The number of benzene rings is 1. The molecule has 7 heteroatoms. The minimum atomic E-state index is 0. The van der Waals surface area contributed by atoms with Crippen LogP contribution in [0.5, 0.6) is 0 Å². The normalized spacial score (nSPS) is 21.9. The molecule has 28 heavy (non-hydrogen) atoms. The average Bonchev–Trinajstić information content (AvgIpc) is 3.42. The van der Waals surface area contributed by atoms with Gasteiger partial charge >= 0.3 is 0 Å². The maximum absolute atomic E-state index is 13.2. The summed E-state index contributed by atoms with van der Waals surface area (Å²) >= 11 is 0. The Bertz CT molecular complexity index is 740. The lowest BCUT2D eigenvalue weighted by Crippen LogP contribution is -2.42. The Labute approximate surface area is 172 Å². The van der Waals surface area contributed by atoms with Crippen molar-refractivity contribution < 1.29 is 9.53 Å². The Kier molecular flexibility index (Phi) is 7.48. The van der Waals surface area contributed by atoms with Gasteiger partial charge in [-0.2, -0.15) is 5.10 Å². The molecule has 2 fully saturated rings. The van der Waals surface area contributed by atoms with E-state index in [4.69, 9.17) is 4.74 Å². The van der Waals surface area contributed by atoms with Gasteiger partial charge in [-0.25, -0.2) is 0 Å². The van der Waals surface area contributed by atoms with E-state index in [1.807, 2.05) is 40.0 Å². The van der Waals surface area contributed by atoms with Gasteiger partial charge in [-0.1, -0.05) is 30.3 Å². The van der Waals surface area contributed by atoms with Crippen LogP contribution in [0.15, 0.2) is 42.6 Å². The summed E-state index contributed by atoms with van der Waals surface area (Å²) in [5, 5.41) is 8.03. The van der Waals surface area contributed by atoms with Crippen molar-refractivity contribution >= 4 is 18.3 Å². The van der Waals surface area contributed by atoms with Gasteiger partial charge in [-0.05, 0) is 43.9 Å². The molecule has 0 aliphatic carbocycles. The fourth-order valence-corrected chi connectivity index (χ4v) is 3.97. The summed E-state index contributed by atoms with van der Waals surface area (Å²) in [6.45, 7) is 4.02. The van der Waals surface area contributed by atoms with Crippen LogP contribution in [0, 0.1) is 0 Å². The third-order valence-corrected chi connectivity index (χ3v) is 5.56. The third kappa shape index (κ3) is 4.93. The summed E-state index contributed by atoms with van der Waals surface area (Å²) in [6.07, 6.45) is 5.95. The highest BCUT2D eigenvalue weighted by atomic mass is 35.5. The second-order valence-electron chi connectivity index (χ2n) is 7.43. The zero-order chi connectivity index (χ0) is 18.5. The maximum Gasteiger partial charge on any atom is 0.274 e. The molecule has 0 radical (unpaired) electrons. The van der Waals surface area contributed by atoms with E-state index in [-0.39, 0.29) is 24.4 Å². The number of nitrogens with one attached hydrogen (secondary N) is 1. The van der Waals surface area contributed by atoms with Gasteiger partial charge in [0.25, 0.3) is 5.91 Å². The van der Waals surface area contributed by atoms with Gasteiger partial charge in [-0.15, -0.1) is 12.4 Å². The van der Waals surface area contributed by atoms with Crippen LogP contribution in [0.2, 0.25) is 0 Å². The molecule has 2 unspecified atom stereocenters. The zero-order valence-corrected chi connectivity index (χ0v) is 16.9. The molecule has 152 valence electrons. The molecule has 6 nitrogen and oxygen atoms in total. The SMILES string of the molecule is Cl.O=C(c1ccn(C2CCCNC2)n1)N(CCc1ccccc1)C1CCOC1. The largest absolute Gasteiger partial charge is 0.379 e. The first-order valence-corrected chi connectivity index (χ1v) is 10.00. The Morgan fingerprint density at radius 1 is 1.25 bits per heavy atom. The second-order valence-corrected chi connectivity index (χ2v) is 7.43. The number of carbonyl (C=O) groups is 1. The molecular formula is C21H29ClN4O2. The molecule has 3 heterocycles. The van der Waals surface area contributed by atoms with E-state index in [1.165, 1.54) is 5.56 Å². The average molecular weight is 405 g/mol. The smallest absolute Gasteiger partial charge is 0.274 e. The molecule has 1 amide bonds. The maximum atomic E-state index is 13.2. The number of amides is 1. The summed E-state index contributed by atoms with van der Waals surface area (Å²) in [7, 11) is 0. The molecule has 4 rings (SSSR count). The van der Waals surface area contributed by atoms with Crippen LogP contribution in [0.25, 0.3) is 0 Å². The highest BCUT2D eigenvalue weighted by molar-refractivity contribution is 5.92. The number of nitrogens with zero attached hydrogens (tertiary/aromatic N) is 3. The number of carbonyl (C=O) groups excluding carboxylic acids is 1. The standard InChI is InChI=1S/C21H28N4O2.ClH/c26-21(20-9-13-25(23-20)18-7-4-11-22-15-18)24(19-10-14-27-16-19)12-8-17-5-2-1-3-6-17;/h1-3,5-6,9,13,18-19,22H,4,7-8,10-12,14-16H2;1H. The van der Waals surface area contributed by atoms with Gasteiger partial charge in [0.2, 0.25) is 0 Å². The van der Waals surface area contributed by atoms with E-state index in [2.05, 4.69) is 22.5 Å². The summed E-state index contributed by atoms with van der Waals surface area (Å²) < 4.78 is 7.51. The molecule has 2 saturated heterocycles. The molecule has 2 atom stereocenters. The molecule has 2 aliphatic heterocycles. The van der Waals surface area contributed by atoms with Crippen molar-refractivity contribution in [1.82, 2.24) is 20.0 Å². The van der Waals surface area contributed by atoms with E-state index in [9.17, 15) is 4.79 Å². The van der Waals surface area contributed by atoms with Crippen molar-refractivity contribution in [3.8, 4) is 0 Å². The van der Waals surface area contributed by atoms with Crippen LogP contribution in [0.1, 0.15) is 41.4 Å². The number of halogens is 1. The number of hydrogen-bond donors (Lipinski definition) is 1. The fraction of sp³-hybridized carbons (Fsp3) is 0.524. The van der Waals surface area contributed by atoms with E-state index >= 15 is 0 Å². The summed E-state index contributed by atoms with van der Waals surface area (Å²) in [6, 6.07) is 12.7. The predicted molar refractivity (Wildman–Crippen MR) is 111 cm³/mol. The van der Waals surface area contributed by atoms with Crippen LogP contribution in [0.3, 0.4) is 0 Å². The first kappa shape index (κ1) is 20.8. The van der Waals surface area contributed by atoms with Crippen LogP contribution in [-0.2, 0) is 11.2 Å². The summed E-state index contributed by atoms with van der Waals surface area (Å²) in [4.78, 5) is 15.2. The molecule has 1 aromatic heterocycles. The molecule has 0 bridgehead atoms. The van der Waals surface area contributed by atoms with Crippen LogP contribution in [0.4, 0.5) is 0 Å². The Morgan fingerprint density at radius 2 is 2.11 bits per heavy atom. The summed E-state index contributed by atoms with van der Waals surface area (Å²) in [5.74, 6) is 0.0175. The minimum Gasteiger partial charge on any atom is -0.379 e. The van der Waals surface area contributed by atoms with Crippen molar-refractivity contribution in [3.63, 3.8) is 0 Å². The van der Waals surface area contributed by atoms with Gasteiger partial charge in [-0.3, -0.25) is 9.48 Å². The lowest BCUT2D eigenvalue weighted by molar-refractivity contribution is 0.0649. The van der Waals surface area contributed by atoms with Gasteiger partial charge in [0.1, 0.15) is 5.69 Å². The number of piperidine rings is 1. The van der Waals surface area contributed by atoms with Crippen LogP contribution in [-0.4, -0.2) is 59.5 Å². The monoisotopic (exact) mass is 404 g/mol. The van der Waals surface area contributed by atoms with Crippen molar-refractivity contribution in [2.45, 2.75) is 37.8 Å². The van der Waals surface area contributed by atoms with Gasteiger partial charge in [0.05, 0.1) is 18.7 Å². The molecule has 0 saturated carbocycles. The number of aromatic nitrogens is 2. The number of rotatable bonds is 6. The van der Waals surface area contributed by atoms with Crippen molar-refractivity contribution in [2.24, 2.45) is 0 Å². The number of ether oxygens (including phenoxy) is 1. The molecular weight excluding hydrogens is 376 g/mol. The topological polar surface area (TPSA) is 59.4 Å². The van der Waals surface area contributed by atoms with Crippen molar-refractivity contribution in [1.29, 1.82) is 0 Å². The Hall–Kier alpha value is -1.89. The fourth-order valence-electron chi connectivity index (χ4n) is 3.97. The predicted octanol–water partition coefficient (Wildman–Crippen LogP) is 2.70. The van der Waals surface area contributed by atoms with Crippen molar-refractivity contribution in [2.75, 3.05) is 32.8 Å². The van der Waals surface area contributed by atoms with Gasteiger partial charge in [0.15, 0.2) is 0 Å². The van der Waals surface area contributed by atoms with Gasteiger partial charge < -0.3 is 15.0 Å². The lowest BCUT2D eigenvalue weighted by Gasteiger charge is -2.27. The Morgan fingerprint density at radius 3 is 2.82 bits per heavy atom. The van der Waals surface area contributed by atoms with E-state index in [0.717, 1.165) is 45.4 Å². The molecule has 2 aromatic rings. The van der Waals surface area contributed by atoms with Crippen LogP contribution < -0.4 is 5.32 Å². The first-order chi connectivity index (χ1) is 13.3. The third-order valence-electron chi connectivity index (χ3n) is 5.56. The van der Waals surface area contributed by atoms with Crippen LogP contribution >= 0.6 is 12.4 Å². The molecule has 1 aromatic carbocycles. The lowest BCUT2D eigenvalue weighted by atomic mass is 10.1. The number of hydrogen-bond acceptors (Lipinski definition) is 4. The first-order valence-electron chi connectivity index (χ1n) is 10.00. The highest BCUT2D eigenvalue weighted by Crippen LogP contribution is 2.19. The minimum absolute atomic E-state index is 0. The van der Waals surface area contributed by atoms with E-state index < -0.39 is 0 Å². The summed E-state index contributed by atoms with van der Waals surface area (Å²) in [5.41, 5.74) is 1.79. The quantitative estimate of drug-likeness (QED) is 0.804. The molecule has 0 spiro atoms. The van der Waals surface area contributed by atoms with Crippen molar-refractivity contribution in [3.05, 3.63) is 53.9 Å². The second kappa shape index (κ2) is 10.0.